The molecular weight excluding hydrogens is 258 g/mol. The van der Waals surface area contributed by atoms with Crippen LogP contribution in [-0.2, 0) is 0 Å². The summed E-state index contributed by atoms with van der Waals surface area (Å²) in [5, 5.41) is 3.88. The van der Waals surface area contributed by atoms with E-state index in [9.17, 15) is 4.79 Å². The van der Waals surface area contributed by atoms with E-state index in [1.807, 2.05) is 0 Å². The maximum absolute atomic E-state index is 11.3. The van der Waals surface area contributed by atoms with Crippen molar-refractivity contribution in [3.8, 4) is 11.6 Å². The predicted octanol–water partition coefficient (Wildman–Crippen LogP) is 0.766. The van der Waals surface area contributed by atoms with Crippen LogP contribution in [0, 0.1) is 0 Å². The predicted molar refractivity (Wildman–Crippen MR) is 75.1 cm³/mol. The average Bonchev–Trinajstić information content (AvgIpc) is 2.94. The second-order valence-electron chi connectivity index (χ2n) is 4.48. The highest BCUT2D eigenvalue weighted by atomic mass is 16.5. The first-order valence-corrected chi connectivity index (χ1v) is 6.65. The van der Waals surface area contributed by atoms with E-state index in [1.54, 1.807) is 12.1 Å². The number of aromatic nitrogens is 3. The van der Waals surface area contributed by atoms with Gasteiger partial charge in [-0.25, -0.2) is 0 Å². The van der Waals surface area contributed by atoms with E-state index in [4.69, 9.17) is 10.3 Å². The zero-order chi connectivity index (χ0) is 14.5. The maximum Gasteiger partial charge on any atom is 0.274 e. The van der Waals surface area contributed by atoms with Crippen molar-refractivity contribution in [3.63, 3.8) is 0 Å². The Morgan fingerprint density at radius 3 is 2.80 bits per heavy atom. The van der Waals surface area contributed by atoms with Crippen molar-refractivity contribution < 1.29 is 4.52 Å². The number of nitrogens with two attached hydrogens (primary N) is 1. The topological polar surface area (TPSA) is 101 Å². The molecule has 7 heteroatoms. The minimum absolute atomic E-state index is 0.213. The molecule has 0 radical (unpaired) electrons. The number of hydrogen-bond acceptors (Lipinski definition) is 6. The molecule has 3 N–H and O–H groups in total. The van der Waals surface area contributed by atoms with Crippen molar-refractivity contribution in [1.82, 2.24) is 20.0 Å². The molecule has 0 fully saturated rings. The van der Waals surface area contributed by atoms with Gasteiger partial charge in [0.15, 0.2) is 5.82 Å². The van der Waals surface area contributed by atoms with Crippen LogP contribution in [0.25, 0.3) is 11.6 Å². The van der Waals surface area contributed by atoms with E-state index in [-0.39, 0.29) is 17.5 Å². The number of aromatic amines is 1. The largest absolute Gasteiger partial charge is 0.332 e. The molecule has 2 aromatic rings. The quantitative estimate of drug-likeness (QED) is 0.808. The lowest BCUT2D eigenvalue weighted by Gasteiger charge is -2.20. The number of likely N-dealkylation sites (N-methyl/N-ethyl adjacent to an activating group) is 1. The van der Waals surface area contributed by atoms with Gasteiger partial charge in [0.25, 0.3) is 5.89 Å². The van der Waals surface area contributed by atoms with Gasteiger partial charge < -0.3 is 20.1 Å². The summed E-state index contributed by atoms with van der Waals surface area (Å²) in [5.74, 6) is 0.712. The van der Waals surface area contributed by atoms with Crippen LogP contribution >= 0.6 is 0 Å². The van der Waals surface area contributed by atoms with E-state index >= 15 is 0 Å². The van der Waals surface area contributed by atoms with Gasteiger partial charge in [0.1, 0.15) is 5.69 Å². The normalized spacial score (nSPS) is 12.8. The minimum atomic E-state index is -0.317. The van der Waals surface area contributed by atoms with Crippen molar-refractivity contribution in [2.75, 3.05) is 19.6 Å². The Balaban J connectivity index is 2.14. The van der Waals surface area contributed by atoms with Crippen LogP contribution in [-0.4, -0.2) is 39.7 Å². The Labute approximate surface area is 116 Å². The van der Waals surface area contributed by atoms with Gasteiger partial charge in [-0.15, -0.1) is 0 Å². The first kappa shape index (κ1) is 14.4. The van der Waals surface area contributed by atoms with Gasteiger partial charge in [0.05, 0.1) is 6.04 Å². The van der Waals surface area contributed by atoms with Gasteiger partial charge in [0.2, 0.25) is 5.56 Å². The Morgan fingerprint density at radius 1 is 1.40 bits per heavy atom. The first-order chi connectivity index (χ1) is 9.63. The van der Waals surface area contributed by atoms with Crippen LogP contribution in [0.5, 0.6) is 0 Å². The fraction of sp³-hybridized carbons (Fsp3) is 0.462. The van der Waals surface area contributed by atoms with Crippen molar-refractivity contribution in [1.29, 1.82) is 0 Å². The molecule has 20 heavy (non-hydrogen) atoms. The lowest BCUT2D eigenvalue weighted by Crippen LogP contribution is -2.32. The lowest BCUT2D eigenvalue weighted by molar-refractivity contribution is 0.278. The Morgan fingerprint density at radius 2 is 2.15 bits per heavy atom. The van der Waals surface area contributed by atoms with E-state index in [0.717, 1.165) is 13.1 Å². The Hall–Kier alpha value is -1.99. The molecule has 2 heterocycles. The van der Waals surface area contributed by atoms with E-state index in [2.05, 4.69) is 33.9 Å². The fourth-order valence-corrected chi connectivity index (χ4v) is 1.91. The number of nitrogens with zero attached hydrogens (tertiary/aromatic N) is 3. The highest BCUT2D eigenvalue weighted by Gasteiger charge is 2.17. The number of hydrogen-bond donors (Lipinski definition) is 2. The summed E-state index contributed by atoms with van der Waals surface area (Å²) in [6, 6.07) is 4.44. The Kier molecular flexibility index (Phi) is 4.65. The molecule has 1 atom stereocenters. The third-order valence-corrected chi connectivity index (χ3v) is 3.12. The third kappa shape index (κ3) is 3.31. The van der Waals surface area contributed by atoms with Crippen molar-refractivity contribution >= 4 is 0 Å². The summed E-state index contributed by atoms with van der Waals surface area (Å²) in [4.78, 5) is 20.3. The number of rotatable bonds is 6. The highest BCUT2D eigenvalue weighted by Crippen LogP contribution is 2.15. The summed E-state index contributed by atoms with van der Waals surface area (Å²) in [7, 11) is 0. The highest BCUT2D eigenvalue weighted by molar-refractivity contribution is 5.45. The second-order valence-corrected chi connectivity index (χ2v) is 4.48. The van der Waals surface area contributed by atoms with Crippen molar-refractivity contribution in [3.05, 3.63) is 34.4 Å². The molecule has 0 aliphatic heterocycles. The molecular formula is C13H19N5O2. The first-order valence-electron chi connectivity index (χ1n) is 6.65. The molecule has 0 aromatic carbocycles. The monoisotopic (exact) mass is 277 g/mol. The fourth-order valence-electron chi connectivity index (χ4n) is 1.91. The summed E-state index contributed by atoms with van der Waals surface area (Å²) in [6.07, 6.45) is 0. The van der Waals surface area contributed by atoms with E-state index in [0.29, 0.717) is 18.1 Å². The molecule has 0 spiro atoms. The SMILES string of the molecule is CCN(CC)CC(N)c1noc(-c2cccc(=O)[nH]2)n1. The van der Waals surface area contributed by atoms with E-state index in [1.165, 1.54) is 6.07 Å². The second kappa shape index (κ2) is 6.44. The third-order valence-electron chi connectivity index (χ3n) is 3.12. The minimum Gasteiger partial charge on any atom is -0.332 e. The number of H-pyrrole nitrogens is 1. The molecule has 0 aliphatic carbocycles. The van der Waals surface area contributed by atoms with Crippen LogP contribution in [0.3, 0.4) is 0 Å². The molecule has 0 saturated heterocycles. The van der Waals surface area contributed by atoms with Gasteiger partial charge in [-0.1, -0.05) is 25.1 Å². The summed E-state index contributed by atoms with van der Waals surface area (Å²) < 4.78 is 5.15. The van der Waals surface area contributed by atoms with Crippen molar-refractivity contribution in [2.24, 2.45) is 5.73 Å². The van der Waals surface area contributed by atoms with Gasteiger partial charge in [-0.2, -0.15) is 4.98 Å². The zero-order valence-electron chi connectivity index (χ0n) is 11.7. The van der Waals surface area contributed by atoms with Crippen LogP contribution in [0.1, 0.15) is 25.7 Å². The standard InChI is InChI=1S/C13H19N5O2/c1-3-18(4-2)8-9(14)12-16-13(20-17-12)10-6-5-7-11(19)15-10/h5-7,9H,3-4,8,14H2,1-2H3,(H,15,19). The average molecular weight is 277 g/mol. The van der Waals surface area contributed by atoms with Gasteiger partial charge in [-0.05, 0) is 19.2 Å². The molecule has 108 valence electrons. The van der Waals surface area contributed by atoms with Gasteiger partial charge in [0, 0.05) is 12.6 Å². The molecule has 0 bridgehead atoms. The molecule has 0 aliphatic rings. The van der Waals surface area contributed by atoms with E-state index < -0.39 is 0 Å². The van der Waals surface area contributed by atoms with Crippen LogP contribution in [0.2, 0.25) is 0 Å². The summed E-state index contributed by atoms with van der Waals surface area (Å²) in [5.41, 5.74) is 6.35. The summed E-state index contributed by atoms with van der Waals surface area (Å²) >= 11 is 0. The van der Waals surface area contributed by atoms with Gasteiger partial charge in [-0.3, -0.25) is 4.79 Å². The van der Waals surface area contributed by atoms with Crippen LogP contribution in [0.4, 0.5) is 0 Å². The number of pyridine rings is 1. The van der Waals surface area contributed by atoms with Crippen LogP contribution in [0.15, 0.2) is 27.5 Å². The maximum atomic E-state index is 11.3. The smallest absolute Gasteiger partial charge is 0.274 e. The van der Waals surface area contributed by atoms with Crippen LogP contribution < -0.4 is 11.3 Å². The van der Waals surface area contributed by atoms with Crippen molar-refractivity contribution in [2.45, 2.75) is 19.9 Å². The molecule has 1 unspecified atom stereocenters. The zero-order valence-corrected chi connectivity index (χ0v) is 11.7. The Bertz CT molecular complexity index is 603. The molecule has 7 nitrogen and oxygen atoms in total. The molecule has 0 saturated carbocycles. The summed E-state index contributed by atoms with van der Waals surface area (Å²) in [6.45, 7) is 6.65. The molecule has 2 rings (SSSR count). The number of nitrogens with one attached hydrogen (secondary N) is 1. The molecule has 2 aromatic heterocycles. The van der Waals surface area contributed by atoms with Gasteiger partial charge >= 0.3 is 0 Å². The lowest BCUT2D eigenvalue weighted by atomic mass is 10.2. The molecule has 0 amide bonds.